The number of carbonyl (C=O) groups excluding carboxylic acids is 1. The second-order valence-corrected chi connectivity index (χ2v) is 7.58. The van der Waals surface area contributed by atoms with Gasteiger partial charge in [-0.3, -0.25) is 4.68 Å². The Morgan fingerprint density at radius 1 is 1.31 bits per heavy atom. The third-order valence-electron chi connectivity index (χ3n) is 4.08. The van der Waals surface area contributed by atoms with Crippen molar-refractivity contribution in [2.75, 3.05) is 13.1 Å². The molecule has 0 spiro atoms. The fraction of sp³-hybridized carbons (Fsp3) is 0.529. The maximum Gasteiger partial charge on any atom is 0.410 e. The molecule has 0 saturated carbocycles. The van der Waals surface area contributed by atoms with Crippen LogP contribution < -0.4 is 0 Å². The number of ether oxygens (including phenoxy) is 1. The standard InChI is InChI=1S/C17H21ClFN5O2/c1-17(2,3)26-16(25)23-6-4-12(5-7-23)24-10-11(8-21-24)14-13(19)9-20-15(18)22-14/h8-10,12H,4-7H2,1-3H3. The number of nitrogens with zero attached hydrogens (tertiary/aromatic N) is 5. The summed E-state index contributed by atoms with van der Waals surface area (Å²) in [5.74, 6) is -0.548. The average Bonchev–Trinajstić information content (AvgIpc) is 3.05. The lowest BCUT2D eigenvalue weighted by molar-refractivity contribution is 0.0185. The molecule has 3 heterocycles. The Bertz CT molecular complexity index is 797. The number of amides is 1. The predicted molar refractivity (Wildman–Crippen MR) is 94.3 cm³/mol. The van der Waals surface area contributed by atoms with Crippen molar-refractivity contribution >= 4 is 17.7 Å². The van der Waals surface area contributed by atoms with E-state index in [2.05, 4.69) is 15.1 Å². The molecule has 2 aromatic heterocycles. The molecule has 0 aromatic carbocycles. The summed E-state index contributed by atoms with van der Waals surface area (Å²) in [4.78, 5) is 21.4. The lowest BCUT2D eigenvalue weighted by atomic mass is 10.1. The van der Waals surface area contributed by atoms with Crippen molar-refractivity contribution in [1.82, 2.24) is 24.6 Å². The van der Waals surface area contributed by atoms with Crippen molar-refractivity contribution < 1.29 is 13.9 Å². The molecule has 140 valence electrons. The van der Waals surface area contributed by atoms with Crippen LogP contribution in [-0.4, -0.2) is 49.4 Å². The molecular formula is C17H21ClFN5O2. The van der Waals surface area contributed by atoms with Gasteiger partial charge in [-0.25, -0.2) is 19.2 Å². The molecule has 1 saturated heterocycles. The van der Waals surface area contributed by atoms with Gasteiger partial charge < -0.3 is 9.64 Å². The van der Waals surface area contributed by atoms with E-state index in [9.17, 15) is 9.18 Å². The summed E-state index contributed by atoms with van der Waals surface area (Å²) >= 11 is 5.75. The van der Waals surface area contributed by atoms with Crippen molar-refractivity contribution in [3.8, 4) is 11.3 Å². The minimum absolute atomic E-state index is 0.0141. The van der Waals surface area contributed by atoms with Gasteiger partial charge in [0.1, 0.15) is 11.3 Å². The van der Waals surface area contributed by atoms with E-state index in [1.807, 2.05) is 20.8 Å². The Morgan fingerprint density at radius 2 is 2.00 bits per heavy atom. The number of carbonyl (C=O) groups is 1. The zero-order valence-corrected chi connectivity index (χ0v) is 15.7. The maximum atomic E-state index is 13.9. The first-order valence-electron chi connectivity index (χ1n) is 8.43. The number of aromatic nitrogens is 4. The summed E-state index contributed by atoms with van der Waals surface area (Å²) in [6.07, 6.45) is 5.54. The van der Waals surface area contributed by atoms with E-state index in [1.165, 1.54) is 0 Å². The molecule has 26 heavy (non-hydrogen) atoms. The fourth-order valence-electron chi connectivity index (χ4n) is 2.85. The van der Waals surface area contributed by atoms with Crippen LogP contribution in [0.15, 0.2) is 18.6 Å². The second-order valence-electron chi connectivity index (χ2n) is 7.24. The summed E-state index contributed by atoms with van der Waals surface area (Å²) in [7, 11) is 0. The first kappa shape index (κ1) is 18.6. The summed E-state index contributed by atoms with van der Waals surface area (Å²) in [6.45, 7) is 6.72. The summed E-state index contributed by atoms with van der Waals surface area (Å²) in [5, 5.41) is 4.31. The molecule has 0 bridgehead atoms. The smallest absolute Gasteiger partial charge is 0.410 e. The predicted octanol–water partition coefficient (Wildman–Crippen LogP) is 3.70. The van der Waals surface area contributed by atoms with Crippen LogP contribution in [0.1, 0.15) is 39.7 Å². The van der Waals surface area contributed by atoms with Crippen LogP contribution in [0.4, 0.5) is 9.18 Å². The average molecular weight is 382 g/mol. The molecule has 3 rings (SSSR count). The zero-order valence-electron chi connectivity index (χ0n) is 14.9. The molecule has 1 aliphatic heterocycles. The van der Waals surface area contributed by atoms with Crippen LogP contribution in [0, 0.1) is 5.82 Å². The Morgan fingerprint density at radius 3 is 2.65 bits per heavy atom. The van der Waals surface area contributed by atoms with Crippen molar-refractivity contribution in [3.63, 3.8) is 0 Å². The highest BCUT2D eigenvalue weighted by atomic mass is 35.5. The van der Waals surface area contributed by atoms with Gasteiger partial charge in [0.05, 0.1) is 18.4 Å². The third-order valence-corrected chi connectivity index (χ3v) is 4.26. The molecule has 7 nitrogen and oxygen atoms in total. The largest absolute Gasteiger partial charge is 0.444 e. The number of piperidine rings is 1. The van der Waals surface area contributed by atoms with Crippen molar-refractivity contribution in [1.29, 1.82) is 0 Å². The zero-order chi connectivity index (χ0) is 18.9. The van der Waals surface area contributed by atoms with Gasteiger partial charge in [0.2, 0.25) is 5.28 Å². The Hall–Kier alpha value is -2.22. The topological polar surface area (TPSA) is 73.1 Å². The van der Waals surface area contributed by atoms with Gasteiger partial charge >= 0.3 is 6.09 Å². The number of rotatable bonds is 2. The number of halogens is 2. The van der Waals surface area contributed by atoms with Gasteiger partial charge in [-0.1, -0.05) is 0 Å². The van der Waals surface area contributed by atoms with Crippen LogP contribution >= 0.6 is 11.6 Å². The second kappa shape index (κ2) is 7.19. The summed E-state index contributed by atoms with van der Waals surface area (Å²) in [5.41, 5.74) is 0.164. The number of hydrogen-bond donors (Lipinski definition) is 0. The van der Waals surface area contributed by atoms with Gasteiger partial charge in [0, 0.05) is 24.8 Å². The van der Waals surface area contributed by atoms with Crippen LogP contribution in [-0.2, 0) is 4.74 Å². The van der Waals surface area contributed by atoms with Gasteiger partial charge in [-0.05, 0) is 45.2 Å². The normalized spacial score (nSPS) is 16.0. The molecular weight excluding hydrogens is 361 g/mol. The molecule has 1 fully saturated rings. The molecule has 0 atom stereocenters. The summed E-state index contributed by atoms with van der Waals surface area (Å²) in [6, 6.07) is 0.128. The Kier molecular flexibility index (Phi) is 5.13. The van der Waals surface area contributed by atoms with Crippen molar-refractivity contribution in [3.05, 3.63) is 29.7 Å². The van der Waals surface area contributed by atoms with Gasteiger partial charge in [-0.15, -0.1) is 0 Å². The van der Waals surface area contributed by atoms with E-state index in [0.29, 0.717) is 18.7 Å². The quantitative estimate of drug-likeness (QED) is 0.741. The van der Waals surface area contributed by atoms with Crippen molar-refractivity contribution in [2.24, 2.45) is 0 Å². The highest BCUT2D eigenvalue weighted by Gasteiger charge is 2.28. The molecule has 2 aromatic rings. The molecule has 0 unspecified atom stereocenters. The van der Waals surface area contributed by atoms with Crippen LogP contribution in [0.5, 0.6) is 0 Å². The van der Waals surface area contributed by atoms with E-state index in [4.69, 9.17) is 16.3 Å². The highest BCUT2D eigenvalue weighted by Crippen LogP contribution is 2.27. The van der Waals surface area contributed by atoms with Crippen LogP contribution in [0.25, 0.3) is 11.3 Å². The monoisotopic (exact) mass is 381 g/mol. The minimum atomic E-state index is -0.548. The molecule has 0 aliphatic carbocycles. The van der Waals surface area contributed by atoms with Gasteiger partial charge in [-0.2, -0.15) is 5.10 Å². The molecule has 1 aliphatic rings. The SMILES string of the molecule is CC(C)(C)OC(=O)N1CCC(n2cc(-c3nc(Cl)ncc3F)cn2)CC1. The molecule has 0 radical (unpaired) electrons. The first-order valence-corrected chi connectivity index (χ1v) is 8.81. The summed E-state index contributed by atoms with van der Waals surface area (Å²) < 4.78 is 21.1. The third kappa shape index (κ3) is 4.30. The van der Waals surface area contributed by atoms with Gasteiger partial charge in [0.25, 0.3) is 0 Å². The fourth-order valence-corrected chi connectivity index (χ4v) is 2.98. The molecule has 9 heteroatoms. The van der Waals surface area contributed by atoms with E-state index < -0.39 is 11.4 Å². The van der Waals surface area contributed by atoms with E-state index >= 15 is 0 Å². The minimum Gasteiger partial charge on any atom is -0.444 e. The lowest BCUT2D eigenvalue weighted by Gasteiger charge is -2.33. The Balaban J connectivity index is 1.65. The Labute approximate surface area is 156 Å². The highest BCUT2D eigenvalue weighted by molar-refractivity contribution is 6.28. The van der Waals surface area contributed by atoms with E-state index in [-0.39, 0.29) is 23.1 Å². The number of hydrogen-bond acceptors (Lipinski definition) is 5. The molecule has 1 amide bonds. The van der Waals surface area contributed by atoms with E-state index in [0.717, 1.165) is 19.0 Å². The maximum absolute atomic E-state index is 13.9. The van der Waals surface area contributed by atoms with E-state index in [1.54, 1.807) is 22.0 Å². The molecule has 0 N–H and O–H groups in total. The van der Waals surface area contributed by atoms with Crippen molar-refractivity contribution in [2.45, 2.75) is 45.3 Å². The van der Waals surface area contributed by atoms with Gasteiger partial charge in [0.15, 0.2) is 5.82 Å². The number of likely N-dealkylation sites (tertiary alicyclic amines) is 1. The first-order chi connectivity index (χ1) is 12.2. The van der Waals surface area contributed by atoms with Crippen LogP contribution in [0.2, 0.25) is 5.28 Å². The lowest BCUT2D eigenvalue weighted by Crippen LogP contribution is -2.42. The van der Waals surface area contributed by atoms with Crippen LogP contribution in [0.3, 0.4) is 0 Å².